The number of alkyl halides is 3. The number of anilines is 2. The first-order valence-electron chi connectivity index (χ1n) is 15.2. The Hall–Kier alpha value is -3.53. The minimum Gasteiger partial charge on any atom is -0.495 e. The maximum absolute atomic E-state index is 13.7. The Morgan fingerprint density at radius 2 is 1.89 bits per heavy atom. The number of aromatic nitrogens is 1. The van der Waals surface area contributed by atoms with Gasteiger partial charge in [0.25, 0.3) is 0 Å². The number of amides is 1. The van der Waals surface area contributed by atoms with Gasteiger partial charge >= 0.3 is 6.18 Å². The van der Waals surface area contributed by atoms with Crippen LogP contribution in [0.2, 0.25) is 0 Å². The molecular weight excluding hydrogens is 603 g/mol. The van der Waals surface area contributed by atoms with Gasteiger partial charge in [-0.05, 0) is 79.9 Å². The molecule has 0 radical (unpaired) electrons. The van der Waals surface area contributed by atoms with Gasteiger partial charge in [-0.2, -0.15) is 13.2 Å². The van der Waals surface area contributed by atoms with E-state index in [1.165, 1.54) is 30.5 Å². The molecule has 1 saturated carbocycles. The number of benzene rings is 2. The van der Waals surface area contributed by atoms with Crippen LogP contribution in [0.4, 0.5) is 24.5 Å². The summed E-state index contributed by atoms with van der Waals surface area (Å²) in [7, 11) is 1.54. The second-order valence-electron chi connectivity index (χ2n) is 12.3. The lowest BCUT2D eigenvalue weighted by atomic mass is 9.75. The van der Waals surface area contributed by atoms with Crippen molar-refractivity contribution in [1.29, 1.82) is 0 Å². The number of carbonyl (C=O) groups excluding carboxylic acids is 1. The quantitative estimate of drug-likeness (QED) is 0.199. The minimum absolute atomic E-state index is 0.162. The largest absolute Gasteiger partial charge is 0.495 e. The van der Waals surface area contributed by atoms with Crippen LogP contribution in [0.25, 0.3) is 10.9 Å². The molecule has 3 heterocycles. The average molecular weight is 642 g/mol. The van der Waals surface area contributed by atoms with E-state index in [-0.39, 0.29) is 18.5 Å². The molecule has 2 saturated heterocycles. The summed E-state index contributed by atoms with van der Waals surface area (Å²) in [6, 6.07) is 13.5. The Morgan fingerprint density at radius 3 is 2.56 bits per heavy atom. The van der Waals surface area contributed by atoms with Crippen LogP contribution in [0.3, 0.4) is 0 Å². The predicted molar refractivity (Wildman–Crippen MR) is 171 cm³/mol. The fourth-order valence-corrected chi connectivity index (χ4v) is 7.17. The van der Waals surface area contributed by atoms with Crippen LogP contribution in [-0.4, -0.2) is 73.6 Å². The van der Waals surface area contributed by atoms with E-state index in [2.05, 4.69) is 32.1 Å². The molecule has 3 fully saturated rings. The fourth-order valence-electron chi connectivity index (χ4n) is 6.60. The highest BCUT2D eigenvalue weighted by Gasteiger charge is 2.50. The predicted octanol–water partition coefficient (Wildman–Crippen LogP) is 5.87. The van der Waals surface area contributed by atoms with Crippen LogP contribution in [0.5, 0.6) is 5.75 Å². The minimum atomic E-state index is -4.39. The number of hydrogen-bond donors (Lipinski definition) is 3. The van der Waals surface area contributed by atoms with Gasteiger partial charge in [-0.1, -0.05) is 12.0 Å². The highest BCUT2D eigenvalue weighted by molar-refractivity contribution is 7.98. The molecule has 1 amide bonds. The number of methoxy groups -OCH3 is 1. The Labute approximate surface area is 265 Å². The molecule has 0 bridgehead atoms. The number of nitrogens with one attached hydrogen (secondary N) is 3. The molecule has 1 aromatic heterocycles. The number of rotatable bonds is 9. The first-order valence-corrected chi connectivity index (χ1v) is 16.0. The lowest BCUT2D eigenvalue weighted by Crippen LogP contribution is -2.68. The summed E-state index contributed by atoms with van der Waals surface area (Å²) in [4.78, 5) is 14.6. The molecule has 6 rings (SSSR count). The summed E-state index contributed by atoms with van der Waals surface area (Å²) < 4.78 is 55.9. The summed E-state index contributed by atoms with van der Waals surface area (Å²) in [5.74, 6) is 6.35. The maximum atomic E-state index is 13.7. The van der Waals surface area contributed by atoms with Crippen molar-refractivity contribution in [2.75, 3.05) is 50.6 Å². The van der Waals surface area contributed by atoms with Gasteiger partial charge in [0.2, 0.25) is 5.91 Å². The van der Waals surface area contributed by atoms with Crippen LogP contribution >= 0.6 is 11.9 Å². The molecule has 3 N–H and O–H groups in total. The van der Waals surface area contributed by atoms with Gasteiger partial charge < -0.3 is 24.7 Å². The van der Waals surface area contributed by atoms with E-state index in [0.29, 0.717) is 34.1 Å². The van der Waals surface area contributed by atoms with Crippen LogP contribution in [0.1, 0.15) is 38.3 Å². The summed E-state index contributed by atoms with van der Waals surface area (Å²) in [6.45, 7) is 4.58. The van der Waals surface area contributed by atoms with Gasteiger partial charge in [-0.15, -0.1) is 0 Å². The van der Waals surface area contributed by atoms with Gasteiger partial charge in [-0.3, -0.25) is 14.4 Å². The summed E-state index contributed by atoms with van der Waals surface area (Å²) in [6.07, 6.45) is -0.109. The van der Waals surface area contributed by atoms with Gasteiger partial charge in [0.1, 0.15) is 12.3 Å². The molecule has 45 heavy (non-hydrogen) atoms. The zero-order chi connectivity index (χ0) is 31.6. The topological polar surface area (TPSA) is 79.8 Å². The Balaban J connectivity index is 1.13. The number of ether oxygens (including phenoxy) is 2. The van der Waals surface area contributed by atoms with Crippen molar-refractivity contribution in [1.82, 2.24) is 14.2 Å². The first-order chi connectivity index (χ1) is 21.6. The third-order valence-corrected chi connectivity index (χ3v) is 9.70. The summed E-state index contributed by atoms with van der Waals surface area (Å²) >= 11 is 1.18. The van der Waals surface area contributed by atoms with Crippen molar-refractivity contribution in [2.24, 2.45) is 5.41 Å². The van der Waals surface area contributed by atoms with Gasteiger partial charge in [0.15, 0.2) is 0 Å². The van der Waals surface area contributed by atoms with Crippen LogP contribution in [-0.2, 0) is 16.1 Å². The second-order valence-corrected chi connectivity index (χ2v) is 13.2. The summed E-state index contributed by atoms with van der Waals surface area (Å²) in [5.41, 5.74) is 2.75. The molecule has 1 spiro atoms. The zero-order valence-electron chi connectivity index (χ0n) is 25.4. The van der Waals surface area contributed by atoms with Gasteiger partial charge in [0.05, 0.1) is 43.8 Å². The maximum Gasteiger partial charge on any atom is 0.406 e. The Morgan fingerprint density at radius 1 is 1.11 bits per heavy atom. The van der Waals surface area contributed by atoms with E-state index >= 15 is 0 Å². The normalized spacial score (nSPS) is 20.9. The molecule has 1 aliphatic carbocycles. The molecule has 0 atom stereocenters. The van der Waals surface area contributed by atoms with Crippen molar-refractivity contribution >= 4 is 40.1 Å². The van der Waals surface area contributed by atoms with Crippen molar-refractivity contribution in [3.05, 3.63) is 48.2 Å². The Bertz CT molecular complexity index is 1590. The highest BCUT2D eigenvalue weighted by Crippen LogP contribution is 2.41. The summed E-state index contributed by atoms with van der Waals surface area (Å²) in [5, 5.41) is 7.57. The smallest absolute Gasteiger partial charge is 0.406 e. The third-order valence-electron chi connectivity index (χ3n) is 8.82. The van der Waals surface area contributed by atoms with E-state index < -0.39 is 12.7 Å². The molecular formula is C33H38F3N5O3S. The molecule has 0 unspecified atom stereocenters. The molecule has 12 heteroatoms. The molecule has 3 aliphatic rings. The second kappa shape index (κ2) is 13.1. The average Bonchev–Trinajstić information content (AvgIpc) is 3.30. The standard InChI is InChI=1S/C33H38F3N5O3S/c1-22(42)39-45-26-12-13-29(31(16-26)43-2)37-14-4-5-25-15-27-28(6-3-7-30(27)41(25)19-33(34,35)36)38-23-8-10-24(11-9-23)40-17-32(18-40)20-44-21-32/h3,6-7,12-13,15-16,23-24,37-38H,8-11,14,17-21H2,1-2H3,(H,39,42). The van der Waals surface area contributed by atoms with Gasteiger partial charge in [-0.25, -0.2) is 0 Å². The Kier molecular flexibility index (Phi) is 9.13. The number of fused-ring (bicyclic) bond motifs is 1. The van der Waals surface area contributed by atoms with E-state index in [1.54, 1.807) is 24.3 Å². The van der Waals surface area contributed by atoms with Crippen molar-refractivity contribution in [3.63, 3.8) is 0 Å². The molecule has 3 aromatic rings. The molecule has 2 aliphatic heterocycles. The number of likely N-dealkylation sites (tertiary alicyclic amines) is 1. The number of halogens is 3. The third kappa shape index (κ3) is 7.32. The number of nitrogens with zero attached hydrogens (tertiary/aromatic N) is 2. The van der Waals surface area contributed by atoms with E-state index in [0.717, 1.165) is 68.0 Å². The fraction of sp³-hybridized carbons (Fsp3) is 0.485. The molecule has 240 valence electrons. The zero-order valence-corrected chi connectivity index (χ0v) is 26.2. The first kappa shape index (κ1) is 31.5. The van der Waals surface area contributed by atoms with E-state index in [9.17, 15) is 18.0 Å². The lowest BCUT2D eigenvalue weighted by molar-refractivity contribution is -0.200. The SMILES string of the molecule is COc1cc(SNC(C)=O)ccc1NCC#Cc1cc2c(NC3CCC(N4CC5(COC5)C4)CC3)cccc2n1CC(F)(F)F. The number of hydrogen-bond acceptors (Lipinski definition) is 7. The van der Waals surface area contributed by atoms with Crippen LogP contribution in [0, 0.1) is 17.3 Å². The van der Waals surface area contributed by atoms with Crippen molar-refractivity contribution in [2.45, 2.75) is 62.3 Å². The monoisotopic (exact) mass is 641 g/mol. The molecule has 8 nitrogen and oxygen atoms in total. The van der Waals surface area contributed by atoms with E-state index in [1.807, 2.05) is 18.2 Å². The highest BCUT2D eigenvalue weighted by atomic mass is 32.2. The van der Waals surface area contributed by atoms with Crippen LogP contribution < -0.4 is 20.1 Å². The van der Waals surface area contributed by atoms with Crippen molar-refractivity contribution in [3.8, 4) is 17.6 Å². The number of carbonyl (C=O) groups is 1. The van der Waals surface area contributed by atoms with Gasteiger partial charge in [0, 0.05) is 53.5 Å². The molecule has 2 aromatic carbocycles. The van der Waals surface area contributed by atoms with E-state index in [4.69, 9.17) is 9.47 Å². The van der Waals surface area contributed by atoms with Crippen LogP contribution in [0.15, 0.2) is 47.4 Å². The lowest BCUT2D eigenvalue weighted by Gasteiger charge is -2.58. The van der Waals surface area contributed by atoms with Crippen molar-refractivity contribution < 1.29 is 27.4 Å².